The first-order valence-corrected chi connectivity index (χ1v) is 10.9. The number of ether oxygens (including phenoxy) is 2. The number of carbonyl (C=O) groups excluding carboxylic acids is 2. The summed E-state index contributed by atoms with van der Waals surface area (Å²) >= 11 is 0. The second kappa shape index (κ2) is 9.63. The molecule has 0 aliphatic rings. The van der Waals surface area contributed by atoms with Gasteiger partial charge in [0.1, 0.15) is 23.1 Å². The number of nitrogens with one attached hydrogen (secondary N) is 1. The van der Waals surface area contributed by atoms with Gasteiger partial charge < -0.3 is 23.4 Å². The van der Waals surface area contributed by atoms with E-state index >= 15 is 0 Å². The summed E-state index contributed by atoms with van der Waals surface area (Å²) in [5.41, 5.74) is -4.78. The SMILES string of the molecule is COC(=O)C(Cc1ccc(OS(=O)(=O)C(F)(F)F)cc1)NC(=O)c1cc2cc(OC)ccc2o1. The first-order valence-electron chi connectivity index (χ1n) is 9.49. The van der Waals surface area contributed by atoms with Gasteiger partial charge in [-0.1, -0.05) is 12.1 Å². The van der Waals surface area contributed by atoms with E-state index in [2.05, 4.69) is 9.50 Å². The van der Waals surface area contributed by atoms with Crippen LogP contribution in [0, 0.1) is 0 Å². The van der Waals surface area contributed by atoms with Crippen molar-refractivity contribution < 1.29 is 49.3 Å². The molecular formula is C21H18F3NO8S. The van der Waals surface area contributed by atoms with E-state index in [1.54, 1.807) is 18.2 Å². The molecular weight excluding hydrogens is 483 g/mol. The van der Waals surface area contributed by atoms with Crippen LogP contribution < -0.4 is 14.2 Å². The Balaban J connectivity index is 1.74. The highest BCUT2D eigenvalue weighted by atomic mass is 32.2. The number of esters is 1. The van der Waals surface area contributed by atoms with Gasteiger partial charge in [-0.15, -0.1) is 0 Å². The van der Waals surface area contributed by atoms with Crippen molar-refractivity contribution in [3.63, 3.8) is 0 Å². The number of fused-ring (bicyclic) bond motifs is 1. The molecule has 1 atom stereocenters. The molecule has 0 aliphatic heterocycles. The molecule has 0 bridgehead atoms. The van der Waals surface area contributed by atoms with E-state index in [4.69, 9.17) is 13.9 Å². The summed E-state index contributed by atoms with van der Waals surface area (Å²) in [6.45, 7) is 0. The number of amides is 1. The lowest BCUT2D eigenvalue weighted by atomic mass is 10.1. The highest BCUT2D eigenvalue weighted by molar-refractivity contribution is 7.88. The Morgan fingerprint density at radius 2 is 1.68 bits per heavy atom. The van der Waals surface area contributed by atoms with Gasteiger partial charge in [0, 0.05) is 11.8 Å². The average molecular weight is 501 g/mol. The van der Waals surface area contributed by atoms with Crippen molar-refractivity contribution in [1.82, 2.24) is 5.32 Å². The largest absolute Gasteiger partial charge is 0.534 e. The van der Waals surface area contributed by atoms with Gasteiger partial charge >= 0.3 is 21.6 Å². The Bertz CT molecular complexity index is 1300. The molecule has 3 aromatic rings. The van der Waals surface area contributed by atoms with E-state index in [1.807, 2.05) is 0 Å². The molecule has 3 rings (SSSR count). The number of hydrogen-bond donors (Lipinski definition) is 1. The number of carbonyl (C=O) groups is 2. The number of alkyl halides is 3. The zero-order valence-electron chi connectivity index (χ0n) is 17.7. The highest BCUT2D eigenvalue weighted by Gasteiger charge is 2.48. The van der Waals surface area contributed by atoms with Crippen LogP contribution in [0.3, 0.4) is 0 Å². The molecule has 1 heterocycles. The van der Waals surface area contributed by atoms with Crippen molar-refractivity contribution in [2.45, 2.75) is 18.0 Å². The smallest absolute Gasteiger partial charge is 0.497 e. The van der Waals surface area contributed by atoms with Crippen molar-refractivity contribution in [2.24, 2.45) is 0 Å². The van der Waals surface area contributed by atoms with Gasteiger partial charge in [0.2, 0.25) is 0 Å². The van der Waals surface area contributed by atoms with Crippen molar-refractivity contribution in [3.8, 4) is 11.5 Å². The van der Waals surface area contributed by atoms with Crippen LogP contribution in [0.4, 0.5) is 13.2 Å². The molecule has 0 spiro atoms. The lowest BCUT2D eigenvalue weighted by Gasteiger charge is -2.16. The van der Waals surface area contributed by atoms with Crippen LogP contribution >= 0.6 is 0 Å². The first kappa shape index (κ1) is 24.9. The van der Waals surface area contributed by atoms with E-state index in [1.165, 1.54) is 25.3 Å². The zero-order chi connectivity index (χ0) is 25.1. The predicted molar refractivity (Wildman–Crippen MR) is 112 cm³/mol. The van der Waals surface area contributed by atoms with Crippen LogP contribution in [0.1, 0.15) is 16.1 Å². The molecule has 13 heteroatoms. The molecule has 182 valence electrons. The molecule has 0 saturated heterocycles. The summed E-state index contributed by atoms with van der Waals surface area (Å²) in [5, 5.41) is 3.08. The second-order valence-electron chi connectivity index (χ2n) is 6.89. The highest BCUT2D eigenvalue weighted by Crippen LogP contribution is 2.27. The monoisotopic (exact) mass is 501 g/mol. The Hall–Kier alpha value is -3.74. The maximum atomic E-state index is 12.7. The third kappa shape index (κ3) is 5.60. The van der Waals surface area contributed by atoms with E-state index in [0.717, 1.165) is 19.2 Å². The molecule has 1 aromatic heterocycles. The minimum atomic E-state index is -5.82. The quantitative estimate of drug-likeness (QED) is 0.284. The van der Waals surface area contributed by atoms with Gasteiger partial charge in [-0.2, -0.15) is 21.6 Å². The Kier molecular flexibility index (Phi) is 7.05. The van der Waals surface area contributed by atoms with Crippen molar-refractivity contribution in [3.05, 3.63) is 59.9 Å². The van der Waals surface area contributed by atoms with Gasteiger partial charge in [0.15, 0.2) is 5.76 Å². The van der Waals surface area contributed by atoms with Gasteiger partial charge in [0.25, 0.3) is 5.91 Å². The lowest BCUT2D eigenvalue weighted by molar-refractivity contribution is -0.142. The minimum Gasteiger partial charge on any atom is -0.497 e. The van der Waals surface area contributed by atoms with Gasteiger partial charge in [-0.3, -0.25) is 4.79 Å². The summed E-state index contributed by atoms with van der Waals surface area (Å²) in [6, 6.07) is 9.69. The first-order chi connectivity index (χ1) is 15.9. The van der Waals surface area contributed by atoms with E-state index in [9.17, 15) is 31.2 Å². The van der Waals surface area contributed by atoms with Crippen molar-refractivity contribution in [2.75, 3.05) is 14.2 Å². The van der Waals surface area contributed by atoms with Gasteiger partial charge in [-0.05, 0) is 42.0 Å². The zero-order valence-corrected chi connectivity index (χ0v) is 18.5. The summed E-state index contributed by atoms with van der Waals surface area (Å²) in [4.78, 5) is 24.8. The topological polar surface area (TPSA) is 121 Å². The number of benzene rings is 2. The maximum Gasteiger partial charge on any atom is 0.534 e. The van der Waals surface area contributed by atoms with E-state index < -0.39 is 39.3 Å². The Morgan fingerprint density at radius 3 is 2.26 bits per heavy atom. The number of methoxy groups -OCH3 is 2. The second-order valence-corrected chi connectivity index (χ2v) is 8.43. The summed E-state index contributed by atoms with van der Waals surface area (Å²) < 4.78 is 78.9. The fraction of sp³-hybridized carbons (Fsp3) is 0.238. The average Bonchev–Trinajstić information content (AvgIpc) is 3.21. The molecule has 34 heavy (non-hydrogen) atoms. The molecule has 1 N–H and O–H groups in total. The van der Waals surface area contributed by atoms with Crippen LogP contribution in [0.2, 0.25) is 0 Å². The van der Waals surface area contributed by atoms with Crippen molar-refractivity contribution in [1.29, 1.82) is 0 Å². The fourth-order valence-electron chi connectivity index (χ4n) is 2.92. The number of furan rings is 1. The Labute approximate surface area is 191 Å². The maximum absolute atomic E-state index is 12.7. The predicted octanol–water partition coefficient (Wildman–Crippen LogP) is 3.18. The summed E-state index contributed by atoms with van der Waals surface area (Å²) in [7, 11) is -3.21. The molecule has 1 unspecified atom stereocenters. The van der Waals surface area contributed by atoms with Crippen LogP contribution in [0.15, 0.2) is 52.9 Å². The minimum absolute atomic E-state index is 0.0711. The standard InChI is InChI=1S/C21H18F3NO8S/c1-30-15-7-8-17-13(10-15)11-18(32-17)19(26)25-16(20(27)31-2)9-12-3-5-14(6-4-12)33-34(28,29)21(22,23)24/h3-8,10-11,16H,9H2,1-2H3,(H,25,26). The third-order valence-electron chi connectivity index (χ3n) is 4.59. The number of hydrogen-bond acceptors (Lipinski definition) is 8. The van der Waals surface area contributed by atoms with Gasteiger partial charge in [0.05, 0.1) is 14.2 Å². The Morgan fingerprint density at radius 1 is 1.03 bits per heavy atom. The van der Waals surface area contributed by atoms with Crippen molar-refractivity contribution >= 4 is 33.0 Å². The van der Waals surface area contributed by atoms with Crippen LogP contribution in [-0.4, -0.2) is 46.1 Å². The molecule has 0 radical (unpaired) electrons. The summed E-state index contributed by atoms with van der Waals surface area (Å²) in [6.07, 6.45) is -0.112. The third-order valence-corrected chi connectivity index (χ3v) is 5.57. The molecule has 0 fully saturated rings. The lowest BCUT2D eigenvalue weighted by Crippen LogP contribution is -2.43. The normalized spacial score (nSPS) is 12.7. The molecule has 9 nitrogen and oxygen atoms in total. The molecule has 0 saturated carbocycles. The molecule has 2 aromatic carbocycles. The molecule has 1 amide bonds. The van der Waals surface area contributed by atoms with Crippen LogP contribution in [0.25, 0.3) is 11.0 Å². The number of halogens is 3. The van der Waals surface area contributed by atoms with Gasteiger partial charge in [-0.25, -0.2) is 4.79 Å². The van der Waals surface area contributed by atoms with E-state index in [0.29, 0.717) is 22.3 Å². The van der Waals surface area contributed by atoms with Crippen LogP contribution in [0.5, 0.6) is 11.5 Å². The number of rotatable bonds is 8. The summed E-state index contributed by atoms with van der Waals surface area (Å²) in [5.74, 6) is -1.58. The molecule has 0 aliphatic carbocycles. The fourth-order valence-corrected chi connectivity index (χ4v) is 3.37. The van der Waals surface area contributed by atoms with E-state index in [-0.39, 0.29) is 12.2 Å². The van der Waals surface area contributed by atoms with Crippen LogP contribution in [-0.2, 0) is 26.1 Å².